The molecule has 0 aromatic carbocycles. The van der Waals surface area contributed by atoms with Gasteiger partial charge in [-0.25, -0.2) is 19.2 Å². The van der Waals surface area contributed by atoms with Crippen LogP contribution in [-0.2, 0) is 19.1 Å². The number of rotatable bonds is 39. The van der Waals surface area contributed by atoms with E-state index >= 15 is 0 Å². The number of hydrogen-bond donors (Lipinski definition) is 4. The Kier molecular flexibility index (Phi) is 36.4. The Balaban J connectivity index is 3.92. The molecule has 52 heavy (non-hydrogen) atoms. The Hall–Kier alpha value is -2.52. The summed E-state index contributed by atoms with van der Waals surface area (Å²) in [5.74, 6) is -3.42. The molecule has 0 radical (unpaired) electrons. The molecule has 0 aromatic rings. The van der Waals surface area contributed by atoms with Crippen LogP contribution >= 0.6 is 0 Å². The number of alkyl carbamates (subject to hydrolysis) is 2. The van der Waals surface area contributed by atoms with Crippen molar-refractivity contribution in [2.75, 3.05) is 13.1 Å². The fourth-order valence-corrected chi connectivity index (χ4v) is 6.52. The van der Waals surface area contributed by atoms with Gasteiger partial charge in [0.05, 0.1) is 0 Å². The molecule has 0 saturated carbocycles. The number of carbonyl (C=O) groups excluding carboxylic acids is 2. The van der Waals surface area contributed by atoms with Crippen LogP contribution in [0.15, 0.2) is 0 Å². The van der Waals surface area contributed by atoms with Crippen LogP contribution in [0.5, 0.6) is 0 Å². The minimum atomic E-state index is -2.18. The normalized spacial score (nSPS) is 12.3. The van der Waals surface area contributed by atoms with Gasteiger partial charge in [0.2, 0.25) is 12.2 Å². The van der Waals surface area contributed by atoms with Gasteiger partial charge in [-0.05, 0) is 12.8 Å². The third kappa shape index (κ3) is 33.3. The second-order valence-corrected chi connectivity index (χ2v) is 14.8. The molecule has 0 bridgehead atoms. The van der Waals surface area contributed by atoms with Gasteiger partial charge in [0.1, 0.15) is 0 Å². The number of carbonyl (C=O) groups is 4. The molecule has 0 aromatic heterocycles. The second kappa shape index (κ2) is 38.2. The van der Waals surface area contributed by atoms with Crippen LogP contribution in [0.2, 0.25) is 0 Å². The molecule has 2 amide bonds. The van der Waals surface area contributed by atoms with Crippen LogP contribution in [0.1, 0.15) is 219 Å². The van der Waals surface area contributed by atoms with Crippen molar-refractivity contribution < 1.29 is 38.9 Å². The van der Waals surface area contributed by atoms with Crippen LogP contribution in [-0.4, -0.2) is 59.6 Å². The summed E-state index contributed by atoms with van der Waals surface area (Å²) in [5.41, 5.74) is 0. The lowest BCUT2D eigenvalue weighted by Crippen LogP contribution is -2.48. The molecule has 4 N–H and O–H groups in total. The first-order chi connectivity index (χ1) is 25.3. The van der Waals surface area contributed by atoms with Gasteiger partial charge in [-0.1, -0.05) is 206 Å². The van der Waals surface area contributed by atoms with Crippen LogP contribution in [0, 0.1) is 0 Å². The van der Waals surface area contributed by atoms with Gasteiger partial charge in [0.25, 0.3) is 0 Å². The zero-order valence-corrected chi connectivity index (χ0v) is 33.5. The Bertz CT molecular complexity index is 788. The third-order valence-corrected chi connectivity index (χ3v) is 9.83. The molecule has 0 saturated heterocycles. The predicted octanol–water partition coefficient (Wildman–Crippen LogP) is 11.9. The standard InChI is InChI=1S/C42H80N2O8/c1-3-5-7-9-11-13-15-17-19-21-23-25-27-29-31-33-35-43-41(49)51-37(39(45)46)38(40(47)48)52-42(50)44-36-34-32-30-28-26-24-22-20-18-16-14-12-10-8-6-4-2/h37-38H,3-36H2,1-2H3,(H,43,49)(H,44,50)(H,45,46)(H,47,48). The minimum absolute atomic E-state index is 0.280. The summed E-state index contributed by atoms with van der Waals surface area (Å²) in [7, 11) is 0. The second-order valence-electron chi connectivity index (χ2n) is 14.8. The molecule has 0 aliphatic heterocycles. The van der Waals surface area contributed by atoms with Crippen molar-refractivity contribution in [3.8, 4) is 0 Å². The Labute approximate surface area is 317 Å². The quantitative estimate of drug-likeness (QED) is 0.0455. The highest BCUT2D eigenvalue weighted by Crippen LogP contribution is 2.15. The van der Waals surface area contributed by atoms with Gasteiger partial charge in [0.15, 0.2) is 0 Å². The lowest BCUT2D eigenvalue weighted by atomic mass is 10.0. The third-order valence-electron chi connectivity index (χ3n) is 9.83. The molecule has 306 valence electrons. The van der Waals surface area contributed by atoms with E-state index in [0.29, 0.717) is 12.8 Å². The average Bonchev–Trinajstić information content (AvgIpc) is 3.12. The number of aliphatic carboxylic acids is 2. The van der Waals surface area contributed by atoms with Crippen LogP contribution in [0.3, 0.4) is 0 Å². The summed E-state index contributed by atoms with van der Waals surface area (Å²) in [6.45, 7) is 5.06. The molecular formula is C42H80N2O8. The lowest BCUT2D eigenvalue weighted by molar-refractivity contribution is -0.166. The molecule has 10 heteroatoms. The molecule has 0 aliphatic rings. The summed E-state index contributed by atoms with van der Waals surface area (Å²) < 4.78 is 9.74. The van der Waals surface area contributed by atoms with Crippen molar-refractivity contribution in [2.45, 2.75) is 232 Å². The lowest BCUT2D eigenvalue weighted by Gasteiger charge is -2.21. The van der Waals surface area contributed by atoms with Crippen LogP contribution in [0.4, 0.5) is 9.59 Å². The number of amides is 2. The zero-order valence-electron chi connectivity index (χ0n) is 33.5. The highest BCUT2D eigenvalue weighted by atomic mass is 16.6. The maximum atomic E-state index is 12.2. The average molecular weight is 741 g/mol. The molecular weight excluding hydrogens is 660 g/mol. The number of carboxylic acids is 2. The van der Waals surface area contributed by atoms with Gasteiger partial charge in [-0.15, -0.1) is 0 Å². The van der Waals surface area contributed by atoms with E-state index in [2.05, 4.69) is 24.5 Å². The summed E-state index contributed by atoms with van der Waals surface area (Å²) in [6, 6.07) is 0. The molecule has 0 aliphatic carbocycles. The topological polar surface area (TPSA) is 151 Å². The summed E-state index contributed by atoms with van der Waals surface area (Å²) in [4.78, 5) is 47.9. The molecule has 0 fully saturated rings. The van der Waals surface area contributed by atoms with Gasteiger partial charge in [-0.2, -0.15) is 0 Å². The van der Waals surface area contributed by atoms with E-state index in [4.69, 9.17) is 9.47 Å². The highest BCUT2D eigenvalue weighted by molar-refractivity contribution is 5.87. The maximum Gasteiger partial charge on any atom is 0.408 e. The Morgan fingerprint density at radius 2 is 0.558 bits per heavy atom. The SMILES string of the molecule is CCCCCCCCCCCCCCCCCCNC(=O)OC(C(=O)O)C(OC(=O)NCCCCCCCCCCCCCCCCCC)C(=O)O. The predicted molar refractivity (Wildman–Crippen MR) is 211 cm³/mol. The first-order valence-corrected chi connectivity index (χ1v) is 21.7. The highest BCUT2D eigenvalue weighted by Gasteiger charge is 2.40. The Morgan fingerprint density at radius 3 is 0.750 bits per heavy atom. The minimum Gasteiger partial charge on any atom is -0.478 e. The van der Waals surface area contributed by atoms with Crippen molar-refractivity contribution in [1.82, 2.24) is 10.6 Å². The zero-order chi connectivity index (χ0) is 38.3. The van der Waals surface area contributed by atoms with Crippen LogP contribution in [0.25, 0.3) is 0 Å². The van der Waals surface area contributed by atoms with Crippen molar-refractivity contribution in [2.24, 2.45) is 0 Å². The number of nitrogens with one attached hydrogen (secondary N) is 2. The summed E-state index contributed by atoms with van der Waals surface area (Å²) >= 11 is 0. The summed E-state index contributed by atoms with van der Waals surface area (Å²) in [5, 5.41) is 24.0. The molecule has 2 unspecified atom stereocenters. The molecule has 0 spiro atoms. The van der Waals surface area contributed by atoms with Crippen molar-refractivity contribution >= 4 is 24.1 Å². The number of hydrogen-bond acceptors (Lipinski definition) is 6. The maximum absolute atomic E-state index is 12.2. The Morgan fingerprint density at radius 1 is 0.365 bits per heavy atom. The fourth-order valence-electron chi connectivity index (χ4n) is 6.52. The van der Waals surface area contributed by atoms with E-state index in [9.17, 15) is 29.4 Å². The van der Waals surface area contributed by atoms with Gasteiger partial charge in [-0.3, -0.25) is 0 Å². The van der Waals surface area contributed by atoms with E-state index in [1.807, 2.05) is 0 Å². The van der Waals surface area contributed by atoms with Gasteiger partial charge >= 0.3 is 24.1 Å². The van der Waals surface area contributed by atoms with Crippen molar-refractivity contribution in [3.63, 3.8) is 0 Å². The largest absolute Gasteiger partial charge is 0.478 e. The van der Waals surface area contributed by atoms with Crippen molar-refractivity contribution in [1.29, 1.82) is 0 Å². The smallest absolute Gasteiger partial charge is 0.408 e. The van der Waals surface area contributed by atoms with E-state index in [0.717, 1.165) is 38.5 Å². The molecule has 0 heterocycles. The van der Waals surface area contributed by atoms with E-state index in [1.54, 1.807) is 0 Å². The monoisotopic (exact) mass is 741 g/mol. The van der Waals surface area contributed by atoms with E-state index in [-0.39, 0.29) is 13.1 Å². The molecule has 0 rings (SSSR count). The molecule has 2 atom stereocenters. The van der Waals surface area contributed by atoms with Gasteiger partial charge in [0, 0.05) is 13.1 Å². The van der Waals surface area contributed by atoms with Crippen molar-refractivity contribution in [3.05, 3.63) is 0 Å². The summed E-state index contributed by atoms with van der Waals surface area (Å²) in [6.07, 6.45) is 33.0. The van der Waals surface area contributed by atoms with Gasteiger partial charge < -0.3 is 30.3 Å². The molecule has 10 nitrogen and oxygen atoms in total. The fraction of sp³-hybridized carbons (Fsp3) is 0.905. The number of unbranched alkanes of at least 4 members (excludes halogenated alkanes) is 30. The van der Waals surface area contributed by atoms with E-state index in [1.165, 1.54) is 154 Å². The first-order valence-electron chi connectivity index (χ1n) is 21.7. The number of ether oxygens (including phenoxy) is 2. The first kappa shape index (κ1) is 49.5. The van der Waals surface area contributed by atoms with Crippen LogP contribution < -0.4 is 10.6 Å². The number of carboxylic acid groups (broad SMARTS) is 2. The van der Waals surface area contributed by atoms with E-state index < -0.39 is 36.3 Å².